The Balaban J connectivity index is 1.66. The highest BCUT2D eigenvalue weighted by atomic mass is 15.2. The van der Waals surface area contributed by atoms with Crippen molar-refractivity contribution in [3.8, 4) is 0 Å². The number of likely N-dealkylation sites (tertiary alicyclic amines) is 1. The number of hydrogen-bond donors (Lipinski definition) is 1. The van der Waals surface area contributed by atoms with Gasteiger partial charge in [-0.05, 0) is 69.9 Å². The van der Waals surface area contributed by atoms with Gasteiger partial charge in [0.25, 0.3) is 0 Å². The zero-order chi connectivity index (χ0) is 14.6. The van der Waals surface area contributed by atoms with Crippen molar-refractivity contribution in [3.05, 3.63) is 0 Å². The summed E-state index contributed by atoms with van der Waals surface area (Å²) in [6.07, 6.45) is 9.76. The van der Waals surface area contributed by atoms with E-state index >= 15 is 0 Å². The summed E-state index contributed by atoms with van der Waals surface area (Å²) in [4.78, 5) is 2.65. The van der Waals surface area contributed by atoms with Crippen LogP contribution in [0.2, 0.25) is 0 Å². The summed E-state index contributed by atoms with van der Waals surface area (Å²) in [6.45, 7) is 13.5. The summed E-state index contributed by atoms with van der Waals surface area (Å²) in [5, 5.41) is 3.85. The maximum Gasteiger partial charge on any atom is 0.0192 e. The molecule has 118 valence electrons. The fraction of sp³-hybridized carbons (Fsp3) is 1.00. The molecule has 1 saturated heterocycles. The van der Waals surface area contributed by atoms with Gasteiger partial charge in [-0.2, -0.15) is 0 Å². The van der Waals surface area contributed by atoms with E-state index in [9.17, 15) is 0 Å². The van der Waals surface area contributed by atoms with Crippen LogP contribution in [0.4, 0.5) is 0 Å². The van der Waals surface area contributed by atoms with E-state index in [0.29, 0.717) is 5.41 Å². The van der Waals surface area contributed by atoms with Crippen LogP contribution in [0.1, 0.15) is 72.6 Å². The molecule has 0 bridgehead atoms. The molecule has 2 nitrogen and oxygen atoms in total. The number of rotatable bonds is 6. The Morgan fingerprint density at radius 1 is 1.10 bits per heavy atom. The van der Waals surface area contributed by atoms with Crippen LogP contribution in [-0.2, 0) is 0 Å². The molecule has 2 rings (SSSR count). The van der Waals surface area contributed by atoms with Crippen LogP contribution in [0.5, 0.6) is 0 Å². The second-order valence-corrected chi connectivity index (χ2v) is 7.89. The third kappa shape index (κ3) is 4.21. The minimum absolute atomic E-state index is 0.549. The third-order valence-corrected chi connectivity index (χ3v) is 6.21. The number of hydrogen-bond acceptors (Lipinski definition) is 2. The molecule has 1 heterocycles. The van der Waals surface area contributed by atoms with Crippen LogP contribution < -0.4 is 5.32 Å². The summed E-state index contributed by atoms with van der Waals surface area (Å²) >= 11 is 0. The summed E-state index contributed by atoms with van der Waals surface area (Å²) in [6, 6.07) is 1.51. The molecule has 1 aliphatic heterocycles. The first-order chi connectivity index (χ1) is 9.53. The molecule has 20 heavy (non-hydrogen) atoms. The topological polar surface area (TPSA) is 15.3 Å². The highest BCUT2D eigenvalue weighted by Crippen LogP contribution is 2.40. The third-order valence-electron chi connectivity index (χ3n) is 6.21. The molecule has 2 aliphatic rings. The molecule has 0 spiro atoms. The summed E-state index contributed by atoms with van der Waals surface area (Å²) < 4.78 is 0. The van der Waals surface area contributed by atoms with E-state index in [2.05, 4.69) is 37.9 Å². The van der Waals surface area contributed by atoms with Crippen molar-refractivity contribution in [2.45, 2.75) is 84.7 Å². The number of nitrogens with zero attached hydrogens (tertiary/aromatic N) is 1. The first kappa shape index (κ1) is 16.3. The standard InChI is InChI=1S/C18H36N2/c1-5-18(3,4)16-8-10-17(11-9-16)19-14-15(2)20-12-6-7-13-20/h15-17,19H,5-14H2,1-4H3. The molecular formula is C18H36N2. The highest BCUT2D eigenvalue weighted by molar-refractivity contribution is 4.86. The van der Waals surface area contributed by atoms with E-state index in [0.717, 1.165) is 18.0 Å². The van der Waals surface area contributed by atoms with Crippen molar-refractivity contribution in [2.24, 2.45) is 11.3 Å². The molecule has 0 amide bonds. The van der Waals surface area contributed by atoms with Crippen molar-refractivity contribution >= 4 is 0 Å². The highest BCUT2D eigenvalue weighted by Gasteiger charge is 2.31. The first-order valence-electron chi connectivity index (χ1n) is 9.00. The molecular weight excluding hydrogens is 244 g/mol. The maximum atomic E-state index is 3.85. The van der Waals surface area contributed by atoms with Gasteiger partial charge in [-0.25, -0.2) is 0 Å². The van der Waals surface area contributed by atoms with Gasteiger partial charge in [0.1, 0.15) is 0 Å². The SMILES string of the molecule is CCC(C)(C)C1CCC(NCC(C)N2CCCC2)CC1. The van der Waals surface area contributed by atoms with Gasteiger partial charge in [0.05, 0.1) is 0 Å². The summed E-state index contributed by atoms with van der Waals surface area (Å²) in [7, 11) is 0. The van der Waals surface area contributed by atoms with E-state index in [1.165, 1.54) is 64.6 Å². The molecule has 2 fully saturated rings. The molecule has 0 aromatic carbocycles. The van der Waals surface area contributed by atoms with Crippen LogP contribution in [0.3, 0.4) is 0 Å². The molecule has 2 heteroatoms. The Morgan fingerprint density at radius 2 is 1.70 bits per heavy atom. The molecule has 0 radical (unpaired) electrons. The van der Waals surface area contributed by atoms with Crippen LogP contribution in [-0.4, -0.2) is 36.6 Å². The minimum atomic E-state index is 0.549. The van der Waals surface area contributed by atoms with E-state index in [1.54, 1.807) is 0 Å². The Kier molecular flexibility index (Phi) is 5.92. The van der Waals surface area contributed by atoms with Crippen molar-refractivity contribution in [3.63, 3.8) is 0 Å². The first-order valence-corrected chi connectivity index (χ1v) is 9.00. The molecule has 1 unspecified atom stereocenters. The fourth-order valence-electron chi connectivity index (χ4n) is 4.02. The van der Waals surface area contributed by atoms with Gasteiger partial charge >= 0.3 is 0 Å². The molecule has 0 aromatic rings. The van der Waals surface area contributed by atoms with Crippen LogP contribution in [0.15, 0.2) is 0 Å². The Hall–Kier alpha value is -0.0800. The predicted molar refractivity (Wildman–Crippen MR) is 88.1 cm³/mol. The average Bonchev–Trinajstić information content (AvgIpc) is 2.99. The zero-order valence-corrected chi connectivity index (χ0v) is 14.3. The lowest BCUT2D eigenvalue weighted by Gasteiger charge is -2.39. The normalized spacial score (nSPS) is 30.6. The maximum absolute atomic E-state index is 3.85. The van der Waals surface area contributed by atoms with Crippen LogP contribution >= 0.6 is 0 Å². The number of nitrogens with one attached hydrogen (secondary N) is 1. The van der Waals surface area contributed by atoms with Gasteiger partial charge in [0, 0.05) is 18.6 Å². The Morgan fingerprint density at radius 3 is 2.25 bits per heavy atom. The average molecular weight is 280 g/mol. The van der Waals surface area contributed by atoms with Gasteiger partial charge < -0.3 is 5.32 Å². The monoisotopic (exact) mass is 280 g/mol. The fourth-order valence-corrected chi connectivity index (χ4v) is 4.02. The smallest absolute Gasteiger partial charge is 0.0192 e. The summed E-state index contributed by atoms with van der Waals surface area (Å²) in [5.74, 6) is 0.946. The zero-order valence-electron chi connectivity index (χ0n) is 14.3. The lowest BCUT2D eigenvalue weighted by atomic mass is 9.69. The predicted octanol–water partition coefficient (Wildman–Crippen LogP) is 4.06. The van der Waals surface area contributed by atoms with Gasteiger partial charge in [-0.15, -0.1) is 0 Å². The lowest BCUT2D eigenvalue weighted by Crippen LogP contribution is -2.44. The van der Waals surface area contributed by atoms with E-state index < -0.39 is 0 Å². The van der Waals surface area contributed by atoms with Gasteiger partial charge in [0.15, 0.2) is 0 Å². The quantitative estimate of drug-likeness (QED) is 0.789. The summed E-state index contributed by atoms with van der Waals surface area (Å²) in [5.41, 5.74) is 0.549. The largest absolute Gasteiger partial charge is 0.312 e. The van der Waals surface area contributed by atoms with Crippen molar-refractivity contribution in [1.82, 2.24) is 10.2 Å². The molecule has 0 aromatic heterocycles. The van der Waals surface area contributed by atoms with Crippen molar-refractivity contribution < 1.29 is 0 Å². The Bertz CT molecular complexity index is 273. The molecule has 1 saturated carbocycles. The van der Waals surface area contributed by atoms with Crippen molar-refractivity contribution in [2.75, 3.05) is 19.6 Å². The lowest BCUT2D eigenvalue weighted by molar-refractivity contribution is 0.134. The second-order valence-electron chi connectivity index (χ2n) is 7.89. The molecule has 1 aliphatic carbocycles. The van der Waals surface area contributed by atoms with Gasteiger partial charge in [-0.1, -0.05) is 27.2 Å². The molecule has 1 N–H and O–H groups in total. The van der Waals surface area contributed by atoms with Crippen molar-refractivity contribution in [1.29, 1.82) is 0 Å². The van der Waals surface area contributed by atoms with E-state index in [1.807, 2.05) is 0 Å². The van der Waals surface area contributed by atoms with Gasteiger partial charge in [0.2, 0.25) is 0 Å². The van der Waals surface area contributed by atoms with E-state index in [4.69, 9.17) is 0 Å². The van der Waals surface area contributed by atoms with Crippen LogP contribution in [0.25, 0.3) is 0 Å². The Labute approximate surface area is 126 Å². The van der Waals surface area contributed by atoms with E-state index in [-0.39, 0.29) is 0 Å². The van der Waals surface area contributed by atoms with Crippen LogP contribution in [0, 0.1) is 11.3 Å². The second kappa shape index (κ2) is 7.26. The molecule has 1 atom stereocenters. The minimum Gasteiger partial charge on any atom is -0.312 e. The van der Waals surface area contributed by atoms with Gasteiger partial charge in [-0.3, -0.25) is 4.90 Å².